The molecule has 0 aromatic heterocycles. The molecule has 0 aliphatic carbocycles. The van der Waals surface area contributed by atoms with Crippen molar-refractivity contribution in [2.24, 2.45) is 5.73 Å². The summed E-state index contributed by atoms with van der Waals surface area (Å²) in [5.41, 5.74) is 6.20. The molecule has 1 rings (SSSR count). The molecule has 0 saturated carbocycles. The molecule has 0 radical (unpaired) electrons. The molecule has 1 aliphatic rings. The minimum absolute atomic E-state index is 0.390. The molecular formula is C26H43NO10. The van der Waals surface area contributed by atoms with Crippen molar-refractivity contribution in [1.82, 2.24) is 0 Å². The van der Waals surface area contributed by atoms with Gasteiger partial charge in [-0.05, 0) is 6.42 Å². The largest absolute Gasteiger partial charge is 0.463 e. The molecule has 1 saturated heterocycles. The number of ketones is 1. The first kappa shape index (κ1) is 32.5. The summed E-state index contributed by atoms with van der Waals surface area (Å²) in [5.74, 6) is -3.45. The molecule has 1 heterocycles. The second kappa shape index (κ2) is 17.1. The number of hydrogen-bond donors (Lipinski definition) is 1. The number of Topliss-reactive ketones (excluding diaryl/α,β-unsaturated/α-hetero) is 1. The van der Waals surface area contributed by atoms with E-state index in [2.05, 4.69) is 6.92 Å². The lowest BCUT2D eigenvalue weighted by Crippen LogP contribution is -2.65. The summed E-state index contributed by atoms with van der Waals surface area (Å²) in [6, 6.07) is -0.930. The Morgan fingerprint density at radius 2 is 1.19 bits per heavy atom. The van der Waals surface area contributed by atoms with Crippen LogP contribution in [0.5, 0.6) is 0 Å². The van der Waals surface area contributed by atoms with Gasteiger partial charge < -0.3 is 29.4 Å². The zero-order valence-corrected chi connectivity index (χ0v) is 22.7. The summed E-state index contributed by atoms with van der Waals surface area (Å²) < 4.78 is 26.9. The summed E-state index contributed by atoms with van der Waals surface area (Å²) in [7, 11) is 0. The fourth-order valence-corrected chi connectivity index (χ4v) is 4.31. The number of rotatable bonds is 16. The van der Waals surface area contributed by atoms with Crippen molar-refractivity contribution in [3.63, 3.8) is 0 Å². The van der Waals surface area contributed by atoms with Crippen molar-refractivity contribution >= 4 is 29.7 Å². The van der Waals surface area contributed by atoms with Crippen LogP contribution in [0, 0.1) is 0 Å². The van der Waals surface area contributed by atoms with Crippen LogP contribution in [-0.2, 0) is 47.7 Å². The van der Waals surface area contributed by atoms with Gasteiger partial charge in [-0.25, -0.2) is 0 Å². The Hall–Kier alpha value is -2.53. The highest BCUT2D eigenvalue weighted by atomic mass is 16.7. The maximum atomic E-state index is 13.4. The van der Waals surface area contributed by atoms with E-state index in [0.717, 1.165) is 46.5 Å². The molecule has 0 aromatic rings. The molecule has 0 spiro atoms. The van der Waals surface area contributed by atoms with Gasteiger partial charge in [-0.1, -0.05) is 58.3 Å². The van der Waals surface area contributed by atoms with E-state index in [1.54, 1.807) is 0 Å². The monoisotopic (exact) mass is 529 g/mol. The lowest BCUT2D eigenvalue weighted by Gasteiger charge is -2.44. The highest BCUT2D eigenvalue weighted by Crippen LogP contribution is 2.30. The van der Waals surface area contributed by atoms with Crippen LogP contribution in [0.4, 0.5) is 0 Å². The minimum atomic E-state index is -1.43. The fourth-order valence-electron chi connectivity index (χ4n) is 4.31. The first-order valence-electron chi connectivity index (χ1n) is 13.1. The summed E-state index contributed by atoms with van der Waals surface area (Å²) in [6.07, 6.45) is 2.33. The van der Waals surface area contributed by atoms with Gasteiger partial charge in [0.15, 0.2) is 30.2 Å². The zero-order valence-electron chi connectivity index (χ0n) is 22.7. The Morgan fingerprint density at radius 3 is 1.70 bits per heavy atom. The first-order chi connectivity index (χ1) is 17.5. The van der Waals surface area contributed by atoms with Gasteiger partial charge in [0.1, 0.15) is 12.7 Å². The topological polar surface area (TPSA) is 158 Å². The van der Waals surface area contributed by atoms with E-state index in [4.69, 9.17) is 29.4 Å². The van der Waals surface area contributed by atoms with Gasteiger partial charge in [-0.3, -0.25) is 24.0 Å². The molecule has 2 N–H and O–H groups in total. The summed E-state index contributed by atoms with van der Waals surface area (Å²) >= 11 is 0. The lowest BCUT2D eigenvalue weighted by molar-refractivity contribution is -0.248. The number of carbonyl (C=O) groups excluding carboxylic acids is 5. The van der Waals surface area contributed by atoms with E-state index < -0.39 is 72.8 Å². The first-order valence-corrected chi connectivity index (χ1v) is 13.1. The van der Waals surface area contributed by atoms with Crippen LogP contribution in [0.1, 0.15) is 92.4 Å². The predicted molar refractivity (Wildman–Crippen MR) is 132 cm³/mol. The third kappa shape index (κ3) is 12.0. The van der Waals surface area contributed by atoms with Crippen molar-refractivity contribution in [3.8, 4) is 0 Å². The van der Waals surface area contributed by atoms with Gasteiger partial charge in [0.25, 0.3) is 0 Å². The fraction of sp³-hybridized carbons (Fsp3) is 0.808. The summed E-state index contributed by atoms with van der Waals surface area (Å²) in [5, 5.41) is 0. The zero-order chi connectivity index (χ0) is 28.0. The summed E-state index contributed by atoms with van der Waals surface area (Å²) in [6.45, 7) is 6.33. The second-order valence-electron chi connectivity index (χ2n) is 9.39. The Kier molecular flexibility index (Phi) is 15.0. The Bertz CT molecular complexity index is 770. The van der Waals surface area contributed by atoms with Crippen molar-refractivity contribution < 1.29 is 47.7 Å². The molecule has 1 aliphatic heterocycles. The molecule has 1 unspecified atom stereocenters. The van der Waals surface area contributed by atoms with E-state index >= 15 is 0 Å². The molecule has 6 atom stereocenters. The van der Waals surface area contributed by atoms with Gasteiger partial charge >= 0.3 is 23.9 Å². The average molecular weight is 530 g/mol. The van der Waals surface area contributed by atoms with E-state index in [1.807, 2.05) is 0 Å². The third-order valence-electron chi connectivity index (χ3n) is 6.01. The van der Waals surface area contributed by atoms with Gasteiger partial charge in [0.2, 0.25) is 0 Å². The smallest absolute Gasteiger partial charge is 0.303 e. The highest BCUT2D eigenvalue weighted by molar-refractivity contribution is 5.89. The Balaban J connectivity index is 3.05. The second-order valence-corrected chi connectivity index (χ2v) is 9.39. The van der Waals surface area contributed by atoms with Gasteiger partial charge in [0, 0.05) is 27.7 Å². The molecular weight excluding hydrogens is 486 g/mol. The van der Waals surface area contributed by atoms with Crippen molar-refractivity contribution in [2.75, 3.05) is 6.61 Å². The number of carbonyl (C=O) groups is 5. The minimum Gasteiger partial charge on any atom is -0.463 e. The van der Waals surface area contributed by atoms with E-state index in [-0.39, 0.29) is 0 Å². The maximum absolute atomic E-state index is 13.4. The number of esters is 4. The number of hydrogen-bond acceptors (Lipinski definition) is 11. The van der Waals surface area contributed by atoms with E-state index in [0.29, 0.717) is 6.42 Å². The van der Waals surface area contributed by atoms with Gasteiger partial charge in [0.05, 0.1) is 6.04 Å². The van der Waals surface area contributed by atoms with Crippen LogP contribution >= 0.6 is 0 Å². The molecule has 11 heteroatoms. The average Bonchev–Trinajstić information content (AvgIpc) is 2.80. The molecule has 0 aromatic carbocycles. The lowest BCUT2D eigenvalue weighted by atomic mass is 9.89. The standard InChI is InChI=1S/C26H43NO10/c1-6-7-8-9-10-11-12-13-14-20(27)22(32)24-26(36-19(5)31)25(35-18(4)30)23(34-17(3)29)21(37-24)15-33-16(2)28/h20-21,23-26H,6-15,27H2,1-5H3/t20?,21-,23-,24+,25+,26+/m1/s1. The molecule has 0 bridgehead atoms. The van der Waals surface area contributed by atoms with Gasteiger partial charge in [-0.2, -0.15) is 0 Å². The number of nitrogens with two attached hydrogens (primary N) is 1. The quantitative estimate of drug-likeness (QED) is 0.178. The van der Waals surface area contributed by atoms with Crippen LogP contribution in [0.15, 0.2) is 0 Å². The molecule has 11 nitrogen and oxygen atoms in total. The van der Waals surface area contributed by atoms with E-state index in [1.165, 1.54) is 32.6 Å². The summed E-state index contributed by atoms with van der Waals surface area (Å²) in [4.78, 5) is 60.4. The SMILES string of the molecule is CCCCCCCCCCC(N)C(=O)[C@@H]1O[C@H](COC(C)=O)[C@@H](OC(C)=O)[C@H](OC(C)=O)[C@H]1OC(C)=O. The number of ether oxygens (including phenoxy) is 5. The van der Waals surface area contributed by atoms with Crippen LogP contribution in [0.25, 0.3) is 0 Å². The highest BCUT2D eigenvalue weighted by Gasteiger charge is 2.54. The molecule has 1 fully saturated rings. The Labute approximate surface area is 219 Å². The normalized spacial score (nSPS) is 24.0. The molecule has 212 valence electrons. The molecule has 0 amide bonds. The van der Waals surface area contributed by atoms with Gasteiger partial charge in [-0.15, -0.1) is 0 Å². The maximum Gasteiger partial charge on any atom is 0.303 e. The van der Waals surface area contributed by atoms with E-state index in [9.17, 15) is 24.0 Å². The van der Waals surface area contributed by atoms with Crippen LogP contribution in [0.3, 0.4) is 0 Å². The Morgan fingerprint density at radius 1 is 0.703 bits per heavy atom. The third-order valence-corrected chi connectivity index (χ3v) is 6.01. The molecule has 37 heavy (non-hydrogen) atoms. The van der Waals surface area contributed by atoms with Crippen LogP contribution in [-0.4, -0.2) is 72.8 Å². The van der Waals surface area contributed by atoms with Crippen molar-refractivity contribution in [1.29, 1.82) is 0 Å². The number of unbranched alkanes of at least 4 members (excludes halogenated alkanes) is 7. The van der Waals surface area contributed by atoms with Crippen LogP contribution < -0.4 is 5.73 Å². The predicted octanol–water partition coefficient (Wildman–Crippen LogP) is 2.54. The van der Waals surface area contributed by atoms with Crippen LogP contribution in [0.2, 0.25) is 0 Å². The van der Waals surface area contributed by atoms with Crippen molar-refractivity contribution in [2.45, 2.75) is 129 Å². The van der Waals surface area contributed by atoms with Crippen molar-refractivity contribution in [3.05, 3.63) is 0 Å².